The molecule has 0 spiro atoms. The monoisotopic (exact) mass is 370 g/mol. The Balaban J connectivity index is 2.21. The first-order valence-electron chi connectivity index (χ1n) is 7.28. The molecule has 0 aliphatic carbocycles. The first kappa shape index (κ1) is 17.3. The van der Waals surface area contributed by atoms with Gasteiger partial charge in [0.2, 0.25) is 0 Å². The van der Waals surface area contributed by atoms with Crippen LogP contribution >= 0.6 is 11.6 Å². The lowest BCUT2D eigenvalue weighted by Crippen LogP contribution is -2.11. The molecule has 1 amide bonds. The number of azo groups is 1. The molecule has 9 heteroatoms. The minimum absolute atomic E-state index is 0.0128. The van der Waals surface area contributed by atoms with E-state index in [1.165, 1.54) is 18.2 Å². The summed E-state index contributed by atoms with van der Waals surface area (Å²) in [5.41, 5.74) is 4.77. The fraction of sp³-hybridized carbons (Fsp3) is 0. The van der Waals surface area contributed by atoms with Gasteiger partial charge in [-0.2, -0.15) is 0 Å². The van der Waals surface area contributed by atoms with Crippen LogP contribution in [0, 0.1) is 10.1 Å². The number of carbonyl (C=O) groups is 1. The van der Waals surface area contributed by atoms with Crippen molar-refractivity contribution in [3.8, 4) is 5.75 Å². The van der Waals surface area contributed by atoms with Crippen LogP contribution in [0.25, 0.3) is 10.8 Å². The number of amides is 1. The van der Waals surface area contributed by atoms with Gasteiger partial charge in [-0.1, -0.05) is 35.9 Å². The van der Waals surface area contributed by atoms with Crippen LogP contribution in [-0.2, 0) is 0 Å². The molecule has 3 rings (SSSR count). The molecule has 0 heterocycles. The molecule has 0 saturated carbocycles. The Kier molecular flexibility index (Phi) is 4.51. The van der Waals surface area contributed by atoms with Gasteiger partial charge in [-0.25, -0.2) is 0 Å². The molecule has 0 fully saturated rings. The number of carbonyl (C=O) groups excluding carboxylic acids is 1. The Morgan fingerprint density at radius 1 is 1.15 bits per heavy atom. The van der Waals surface area contributed by atoms with Crippen molar-refractivity contribution < 1.29 is 14.8 Å². The highest BCUT2D eigenvalue weighted by atomic mass is 35.5. The van der Waals surface area contributed by atoms with Gasteiger partial charge in [0.1, 0.15) is 5.69 Å². The SMILES string of the molecule is NC(=O)c1cc2ccccc2c(N=Nc2ccc(Cl)cc2[N+](=O)[O-])c1O. The Morgan fingerprint density at radius 3 is 2.58 bits per heavy atom. The standard InChI is InChI=1S/C17H11ClN4O4/c18-10-5-6-13(14(8-10)22(25)26)20-21-15-11-4-2-1-3-9(11)7-12(16(15)23)17(19)24/h1-8,23H,(H2,19,24). The number of nitrogens with two attached hydrogens (primary N) is 1. The topological polar surface area (TPSA) is 131 Å². The van der Waals surface area contributed by atoms with Gasteiger partial charge in [0, 0.05) is 16.5 Å². The maximum Gasteiger partial charge on any atom is 0.298 e. The molecule has 0 aromatic heterocycles. The molecule has 0 saturated heterocycles. The molecular formula is C17H11ClN4O4. The number of benzene rings is 3. The van der Waals surface area contributed by atoms with Crippen LogP contribution in [0.3, 0.4) is 0 Å². The van der Waals surface area contributed by atoms with Crippen molar-refractivity contribution in [2.75, 3.05) is 0 Å². The van der Waals surface area contributed by atoms with E-state index >= 15 is 0 Å². The molecule has 3 aromatic rings. The lowest BCUT2D eigenvalue weighted by Gasteiger charge is -2.08. The van der Waals surface area contributed by atoms with Crippen molar-refractivity contribution in [1.29, 1.82) is 0 Å². The third-order valence-electron chi connectivity index (χ3n) is 3.65. The molecule has 0 radical (unpaired) electrons. The van der Waals surface area contributed by atoms with Crippen molar-refractivity contribution in [2.45, 2.75) is 0 Å². The predicted octanol–water partition coefficient (Wildman–Crippen LogP) is 4.62. The number of halogens is 1. The van der Waals surface area contributed by atoms with E-state index in [9.17, 15) is 20.0 Å². The zero-order valence-corrected chi connectivity index (χ0v) is 13.8. The van der Waals surface area contributed by atoms with Gasteiger partial charge in [0.05, 0.1) is 10.5 Å². The summed E-state index contributed by atoms with van der Waals surface area (Å²) in [6.45, 7) is 0. The van der Waals surface area contributed by atoms with Crippen molar-refractivity contribution >= 4 is 45.3 Å². The highest BCUT2D eigenvalue weighted by molar-refractivity contribution is 6.30. The van der Waals surface area contributed by atoms with E-state index in [4.69, 9.17) is 17.3 Å². The van der Waals surface area contributed by atoms with E-state index in [1.54, 1.807) is 24.3 Å². The molecule has 130 valence electrons. The van der Waals surface area contributed by atoms with Gasteiger partial charge in [0.25, 0.3) is 11.6 Å². The number of fused-ring (bicyclic) bond motifs is 1. The first-order valence-corrected chi connectivity index (χ1v) is 7.66. The van der Waals surface area contributed by atoms with Crippen LogP contribution in [0.4, 0.5) is 17.1 Å². The van der Waals surface area contributed by atoms with Crippen molar-refractivity contribution in [3.63, 3.8) is 0 Å². The molecule has 0 unspecified atom stereocenters. The summed E-state index contributed by atoms with van der Waals surface area (Å²) in [5, 5.41) is 30.6. The van der Waals surface area contributed by atoms with Crippen molar-refractivity contribution in [3.05, 3.63) is 69.2 Å². The summed E-state index contributed by atoms with van der Waals surface area (Å²) in [7, 11) is 0. The van der Waals surface area contributed by atoms with E-state index in [0.29, 0.717) is 10.8 Å². The van der Waals surface area contributed by atoms with Gasteiger partial charge in [0.15, 0.2) is 11.4 Å². The predicted molar refractivity (Wildman–Crippen MR) is 96.4 cm³/mol. The fourth-order valence-corrected chi connectivity index (χ4v) is 2.60. The number of aromatic hydroxyl groups is 1. The second-order valence-electron chi connectivity index (χ2n) is 5.30. The van der Waals surface area contributed by atoms with Crippen molar-refractivity contribution in [1.82, 2.24) is 0 Å². The van der Waals surface area contributed by atoms with Crippen LogP contribution < -0.4 is 5.73 Å². The molecule has 0 atom stereocenters. The maximum atomic E-state index is 11.6. The second kappa shape index (κ2) is 6.77. The summed E-state index contributed by atoms with van der Waals surface area (Å²) in [4.78, 5) is 22.1. The minimum Gasteiger partial charge on any atom is -0.505 e. The fourth-order valence-electron chi connectivity index (χ4n) is 2.44. The Morgan fingerprint density at radius 2 is 1.88 bits per heavy atom. The first-order chi connectivity index (χ1) is 12.4. The number of nitro benzene ring substituents is 1. The molecule has 0 bridgehead atoms. The second-order valence-corrected chi connectivity index (χ2v) is 5.73. The lowest BCUT2D eigenvalue weighted by molar-refractivity contribution is -0.384. The number of nitro groups is 1. The van der Waals surface area contributed by atoms with Crippen LogP contribution in [0.5, 0.6) is 5.75 Å². The zero-order chi connectivity index (χ0) is 18.8. The average molecular weight is 371 g/mol. The Hall–Kier alpha value is -3.52. The molecule has 3 aromatic carbocycles. The quantitative estimate of drug-likeness (QED) is 0.394. The highest BCUT2D eigenvalue weighted by Gasteiger charge is 2.18. The van der Waals surface area contributed by atoms with E-state index in [0.717, 1.165) is 6.07 Å². The Bertz CT molecular complexity index is 1080. The number of primary amides is 1. The van der Waals surface area contributed by atoms with Crippen LogP contribution in [0.1, 0.15) is 10.4 Å². The van der Waals surface area contributed by atoms with Gasteiger partial charge in [-0.05, 0) is 23.6 Å². The molecule has 8 nitrogen and oxygen atoms in total. The Labute approximate surface area is 151 Å². The zero-order valence-electron chi connectivity index (χ0n) is 13.1. The van der Waals surface area contributed by atoms with Crippen molar-refractivity contribution in [2.24, 2.45) is 16.0 Å². The minimum atomic E-state index is -0.831. The lowest BCUT2D eigenvalue weighted by atomic mass is 10.0. The number of hydrogen-bond acceptors (Lipinski definition) is 6. The van der Waals surface area contributed by atoms with Crippen LogP contribution in [-0.4, -0.2) is 15.9 Å². The number of nitrogens with zero attached hydrogens (tertiary/aromatic N) is 3. The summed E-state index contributed by atoms with van der Waals surface area (Å²) in [6, 6.07) is 12.2. The molecule has 26 heavy (non-hydrogen) atoms. The average Bonchev–Trinajstić information content (AvgIpc) is 2.61. The van der Waals surface area contributed by atoms with E-state index in [2.05, 4.69) is 10.2 Å². The molecular weight excluding hydrogens is 360 g/mol. The third kappa shape index (κ3) is 3.17. The van der Waals surface area contributed by atoms with Gasteiger partial charge >= 0.3 is 0 Å². The largest absolute Gasteiger partial charge is 0.505 e. The summed E-state index contributed by atoms with van der Waals surface area (Å²) < 4.78 is 0. The number of hydrogen-bond donors (Lipinski definition) is 2. The van der Waals surface area contributed by atoms with E-state index in [-0.39, 0.29) is 27.6 Å². The number of rotatable bonds is 4. The van der Waals surface area contributed by atoms with E-state index in [1.807, 2.05) is 0 Å². The van der Waals surface area contributed by atoms with Crippen LogP contribution in [0.15, 0.2) is 58.8 Å². The van der Waals surface area contributed by atoms with Gasteiger partial charge in [-0.3, -0.25) is 14.9 Å². The summed E-state index contributed by atoms with van der Waals surface area (Å²) >= 11 is 5.77. The van der Waals surface area contributed by atoms with Gasteiger partial charge in [-0.15, -0.1) is 10.2 Å². The van der Waals surface area contributed by atoms with Gasteiger partial charge < -0.3 is 10.8 Å². The highest BCUT2D eigenvalue weighted by Crippen LogP contribution is 2.40. The number of phenols is 1. The smallest absolute Gasteiger partial charge is 0.298 e. The maximum absolute atomic E-state index is 11.6. The third-order valence-corrected chi connectivity index (χ3v) is 3.89. The normalized spacial score (nSPS) is 11.1. The van der Waals surface area contributed by atoms with E-state index < -0.39 is 16.6 Å². The molecule has 0 aliphatic rings. The summed E-state index contributed by atoms with van der Waals surface area (Å²) in [5.74, 6) is -1.28. The summed E-state index contributed by atoms with van der Waals surface area (Å²) in [6.07, 6.45) is 0. The van der Waals surface area contributed by atoms with Crippen LogP contribution in [0.2, 0.25) is 5.02 Å². The molecule has 0 aliphatic heterocycles. The molecule has 3 N–H and O–H groups in total.